The molecule has 0 aliphatic rings. The fraction of sp³-hybridized carbons (Fsp3) is 0.158. The van der Waals surface area contributed by atoms with Crippen LogP contribution in [0.4, 0.5) is 0 Å². The Balaban J connectivity index is 1.75. The maximum absolute atomic E-state index is 12.2. The lowest BCUT2D eigenvalue weighted by Gasteiger charge is -2.04. The van der Waals surface area contributed by atoms with Crippen molar-refractivity contribution < 1.29 is 4.79 Å². The van der Waals surface area contributed by atoms with Crippen LogP contribution in [0.1, 0.15) is 26.5 Å². The Hall–Kier alpha value is -2.17. The molecule has 122 valence electrons. The van der Waals surface area contributed by atoms with Crippen molar-refractivity contribution in [2.24, 2.45) is 0 Å². The van der Waals surface area contributed by atoms with Gasteiger partial charge in [0.2, 0.25) is 0 Å². The number of aromatic nitrogens is 1. The van der Waals surface area contributed by atoms with Gasteiger partial charge in [-0.05, 0) is 37.6 Å². The maximum atomic E-state index is 12.2. The predicted molar refractivity (Wildman–Crippen MR) is 99.6 cm³/mol. The molecule has 1 N–H and O–H groups in total. The van der Waals surface area contributed by atoms with E-state index in [1.54, 1.807) is 35.6 Å². The van der Waals surface area contributed by atoms with Crippen molar-refractivity contribution in [3.05, 3.63) is 75.3 Å². The number of nitrogens with zero attached hydrogens (tertiary/aromatic N) is 1. The maximum Gasteiger partial charge on any atom is 0.251 e. The zero-order valence-electron chi connectivity index (χ0n) is 13.5. The van der Waals surface area contributed by atoms with Gasteiger partial charge in [-0.1, -0.05) is 41.9 Å². The molecule has 0 saturated heterocycles. The SMILES string of the molecule is Cc1ccccc1-c1nc(C)c(CNC(=O)c2cccc(Cl)c2)s1. The van der Waals surface area contributed by atoms with Crippen LogP contribution in [0.15, 0.2) is 48.5 Å². The van der Waals surface area contributed by atoms with Crippen molar-refractivity contribution >= 4 is 28.8 Å². The molecule has 3 nitrogen and oxygen atoms in total. The lowest BCUT2D eigenvalue weighted by atomic mass is 10.1. The Kier molecular flexibility index (Phi) is 4.97. The van der Waals surface area contributed by atoms with Crippen LogP contribution < -0.4 is 5.32 Å². The van der Waals surface area contributed by atoms with E-state index in [1.807, 2.05) is 19.1 Å². The van der Waals surface area contributed by atoms with E-state index in [1.165, 1.54) is 5.56 Å². The molecular weight excluding hydrogens is 340 g/mol. The molecular formula is C19H17ClN2OS. The van der Waals surface area contributed by atoms with Crippen LogP contribution >= 0.6 is 22.9 Å². The zero-order valence-corrected chi connectivity index (χ0v) is 15.0. The van der Waals surface area contributed by atoms with Crippen molar-refractivity contribution in [3.8, 4) is 10.6 Å². The van der Waals surface area contributed by atoms with Crippen molar-refractivity contribution in [2.45, 2.75) is 20.4 Å². The monoisotopic (exact) mass is 356 g/mol. The first-order valence-electron chi connectivity index (χ1n) is 7.60. The van der Waals surface area contributed by atoms with E-state index in [0.29, 0.717) is 17.1 Å². The molecule has 1 amide bonds. The molecule has 5 heteroatoms. The molecule has 0 saturated carbocycles. The number of rotatable bonds is 4. The summed E-state index contributed by atoms with van der Waals surface area (Å²) in [6.07, 6.45) is 0. The summed E-state index contributed by atoms with van der Waals surface area (Å²) in [6, 6.07) is 15.1. The summed E-state index contributed by atoms with van der Waals surface area (Å²) in [5.41, 5.74) is 3.84. The van der Waals surface area contributed by atoms with Crippen molar-refractivity contribution in [3.63, 3.8) is 0 Å². The molecule has 0 spiro atoms. The van der Waals surface area contributed by atoms with Crippen LogP contribution in [0, 0.1) is 13.8 Å². The minimum absolute atomic E-state index is 0.136. The second kappa shape index (κ2) is 7.16. The molecule has 2 aromatic carbocycles. The highest BCUT2D eigenvalue weighted by Gasteiger charge is 2.12. The number of halogens is 1. The van der Waals surface area contributed by atoms with Crippen LogP contribution in [-0.4, -0.2) is 10.9 Å². The van der Waals surface area contributed by atoms with Crippen LogP contribution in [0.5, 0.6) is 0 Å². The molecule has 0 unspecified atom stereocenters. The second-order valence-electron chi connectivity index (χ2n) is 5.54. The Morgan fingerprint density at radius 3 is 2.71 bits per heavy atom. The van der Waals surface area contributed by atoms with Crippen LogP contribution in [0.2, 0.25) is 5.02 Å². The Labute approximate surface area is 150 Å². The largest absolute Gasteiger partial charge is 0.347 e. The van der Waals surface area contributed by atoms with Crippen LogP contribution in [0.3, 0.4) is 0 Å². The number of benzene rings is 2. The van der Waals surface area contributed by atoms with Crippen molar-refractivity contribution in [1.82, 2.24) is 10.3 Å². The predicted octanol–water partition coefficient (Wildman–Crippen LogP) is 5.01. The summed E-state index contributed by atoms with van der Waals surface area (Å²) in [5.74, 6) is -0.136. The summed E-state index contributed by atoms with van der Waals surface area (Å²) in [5, 5.41) is 4.47. The average molecular weight is 357 g/mol. The smallest absolute Gasteiger partial charge is 0.251 e. The standard InChI is InChI=1S/C19H17ClN2OS/c1-12-6-3-4-9-16(12)19-22-13(2)17(24-19)11-21-18(23)14-7-5-8-15(20)10-14/h3-10H,11H2,1-2H3,(H,21,23). The molecule has 1 aromatic heterocycles. The van der Waals surface area contributed by atoms with Gasteiger partial charge >= 0.3 is 0 Å². The highest BCUT2D eigenvalue weighted by molar-refractivity contribution is 7.15. The van der Waals surface area contributed by atoms with Gasteiger partial charge in [-0.25, -0.2) is 4.98 Å². The van der Waals surface area contributed by atoms with Gasteiger partial charge in [-0.2, -0.15) is 0 Å². The van der Waals surface area contributed by atoms with E-state index in [-0.39, 0.29) is 5.91 Å². The Morgan fingerprint density at radius 2 is 1.96 bits per heavy atom. The van der Waals surface area contributed by atoms with Gasteiger partial charge in [0.1, 0.15) is 5.01 Å². The summed E-state index contributed by atoms with van der Waals surface area (Å²) in [6.45, 7) is 4.51. The van der Waals surface area contributed by atoms with E-state index < -0.39 is 0 Å². The third kappa shape index (κ3) is 3.66. The average Bonchev–Trinajstić information content (AvgIpc) is 2.93. The lowest BCUT2D eigenvalue weighted by Crippen LogP contribution is -2.22. The number of amides is 1. The molecule has 3 aromatic rings. The number of carbonyl (C=O) groups is 1. The van der Waals surface area contributed by atoms with E-state index in [9.17, 15) is 4.79 Å². The Morgan fingerprint density at radius 1 is 1.17 bits per heavy atom. The minimum Gasteiger partial charge on any atom is -0.347 e. The molecule has 1 heterocycles. The van der Waals surface area contributed by atoms with Gasteiger partial charge in [0.15, 0.2) is 0 Å². The fourth-order valence-electron chi connectivity index (χ4n) is 2.41. The third-order valence-electron chi connectivity index (χ3n) is 3.76. The van der Waals surface area contributed by atoms with Gasteiger partial charge in [-0.15, -0.1) is 11.3 Å². The number of nitrogens with one attached hydrogen (secondary N) is 1. The topological polar surface area (TPSA) is 42.0 Å². The van der Waals surface area contributed by atoms with Gasteiger partial charge < -0.3 is 5.32 Å². The number of aryl methyl sites for hydroxylation is 2. The van der Waals surface area contributed by atoms with E-state index >= 15 is 0 Å². The number of hydrogen-bond acceptors (Lipinski definition) is 3. The molecule has 0 radical (unpaired) electrons. The van der Waals surface area contributed by atoms with Gasteiger partial charge in [-0.3, -0.25) is 4.79 Å². The number of hydrogen-bond donors (Lipinski definition) is 1. The first-order chi connectivity index (χ1) is 11.5. The Bertz CT molecular complexity index is 889. The number of thiazole rings is 1. The fourth-order valence-corrected chi connectivity index (χ4v) is 3.70. The quantitative estimate of drug-likeness (QED) is 0.713. The molecule has 0 atom stereocenters. The van der Waals surface area contributed by atoms with Crippen LogP contribution in [-0.2, 0) is 6.54 Å². The molecule has 24 heavy (non-hydrogen) atoms. The molecule has 0 fully saturated rings. The normalized spacial score (nSPS) is 10.6. The minimum atomic E-state index is -0.136. The van der Waals surface area contributed by atoms with Crippen molar-refractivity contribution in [2.75, 3.05) is 0 Å². The molecule has 3 rings (SSSR count). The van der Waals surface area contributed by atoms with E-state index in [4.69, 9.17) is 11.6 Å². The first-order valence-corrected chi connectivity index (χ1v) is 8.80. The highest BCUT2D eigenvalue weighted by Crippen LogP contribution is 2.30. The molecule has 0 bridgehead atoms. The first kappa shape index (κ1) is 16.7. The summed E-state index contributed by atoms with van der Waals surface area (Å²) < 4.78 is 0. The summed E-state index contributed by atoms with van der Waals surface area (Å²) in [7, 11) is 0. The number of carbonyl (C=O) groups excluding carboxylic acids is 1. The molecule has 0 aliphatic carbocycles. The zero-order chi connectivity index (χ0) is 17.1. The van der Waals surface area contributed by atoms with Gasteiger partial charge in [0, 0.05) is 21.0 Å². The third-order valence-corrected chi connectivity index (χ3v) is 5.19. The van der Waals surface area contributed by atoms with Crippen molar-refractivity contribution in [1.29, 1.82) is 0 Å². The van der Waals surface area contributed by atoms with Gasteiger partial charge in [0.25, 0.3) is 5.91 Å². The second-order valence-corrected chi connectivity index (χ2v) is 7.06. The van der Waals surface area contributed by atoms with Crippen LogP contribution in [0.25, 0.3) is 10.6 Å². The highest BCUT2D eigenvalue weighted by atomic mass is 35.5. The van der Waals surface area contributed by atoms with Gasteiger partial charge in [0.05, 0.1) is 12.2 Å². The van der Waals surface area contributed by atoms with E-state index in [2.05, 4.69) is 29.4 Å². The van der Waals surface area contributed by atoms with E-state index in [0.717, 1.165) is 21.1 Å². The summed E-state index contributed by atoms with van der Waals surface area (Å²) in [4.78, 5) is 17.9. The summed E-state index contributed by atoms with van der Waals surface area (Å²) >= 11 is 7.54. The lowest BCUT2D eigenvalue weighted by molar-refractivity contribution is 0.0951. The molecule has 0 aliphatic heterocycles.